The highest BCUT2D eigenvalue weighted by atomic mass is 32.1. The van der Waals surface area contributed by atoms with E-state index in [9.17, 15) is 4.39 Å². The Kier molecular flexibility index (Phi) is 4.09. The maximum absolute atomic E-state index is 13.3. The summed E-state index contributed by atoms with van der Waals surface area (Å²) in [6.07, 6.45) is 0. The van der Waals surface area contributed by atoms with Crippen molar-refractivity contribution in [2.24, 2.45) is 5.73 Å². The van der Waals surface area contributed by atoms with Crippen molar-refractivity contribution in [2.45, 2.75) is 6.92 Å². The number of ether oxygens (including phenoxy) is 1. The van der Waals surface area contributed by atoms with Crippen LogP contribution in [0.3, 0.4) is 0 Å². The molecular formula is C13H13FN4OS. The first kappa shape index (κ1) is 14.1. The van der Waals surface area contributed by atoms with Crippen molar-refractivity contribution < 1.29 is 9.13 Å². The second-order valence-electron chi connectivity index (χ2n) is 4.06. The second kappa shape index (κ2) is 5.79. The lowest BCUT2D eigenvalue weighted by Crippen LogP contribution is -2.13. The minimum absolute atomic E-state index is 0.136. The molecule has 1 heterocycles. The van der Waals surface area contributed by atoms with Crippen LogP contribution in [0.1, 0.15) is 11.4 Å². The SMILES string of the molecule is COc1cc(Nc2nc(C)cc(C(N)=S)n2)ccc1F. The maximum Gasteiger partial charge on any atom is 0.228 e. The van der Waals surface area contributed by atoms with Crippen molar-refractivity contribution in [3.8, 4) is 5.75 Å². The van der Waals surface area contributed by atoms with Crippen molar-refractivity contribution in [2.75, 3.05) is 12.4 Å². The van der Waals surface area contributed by atoms with Crippen LogP contribution in [0.5, 0.6) is 5.75 Å². The number of aryl methyl sites for hydroxylation is 1. The first-order valence-electron chi connectivity index (χ1n) is 5.75. The Labute approximate surface area is 121 Å². The second-order valence-corrected chi connectivity index (χ2v) is 4.50. The van der Waals surface area contributed by atoms with Crippen molar-refractivity contribution in [3.05, 3.63) is 41.5 Å². The Morgan fingerprint density at radius 2 is 2.10 bits per heavy atom. The van der Waals surface area contributed by atoms with Gasteiger partial charge in [0.15, 0.2) is 11.6 Å². The lowest BCUT2D eigenvalue weighted by Gasteiger charge is -2.09. The predicted molar refractivity (Wildman–Crippen MR) is 78.9 cm³/mol. The van der Waals surface area contributed by atoms with Gasteiger partial charge in [0.2, 0.25) is 5.95 Å². The first-order chi connectivity index (χ1) is 9.49. The van der Waals surface area contributed by atoms with Crippen molar-refractivity contribution >= 4 is 28.8 Å². The van der Waals surface area contributed by atoms with E-state index in [0.29, 0.717) is 17.3 Å². The Balaban J connectivity index is 2.32. The molecule has 1 aromatic carbocycles. The van der Waals surface area contributed by atoms with Crippen molar-refractivity contribution in [3.63, 3.8) is 0 Å². The largest absolute Gasteiger partial charge is 0.494 e. The number of benzene rings is 1. The van der Waals surface area contributed by atoms with E-state index in [1.165, 1.54) is 19.2 Å². The van der Waals surface area contributed by atoms with Crippen LogP contribution in [0, 0.1) is 12.7 Å². The number of hydrogen-bond acceptors (Lipinski definition) is 5. The molecule has 0 atom stereocenters. The normalized spacial score (nSPS) is 10.2. The van der Waals surface area contributed by atoms with Gasteiger partial charge in [0.25, 0.3) is 0 Å². The number of anilines is 2. The number of nitrogens with zero attached hydrogens (tertiary/aromatic N) is 2. The van der Waals surface area contributed by atoms with E-state index in [-0.39, 0.29) is 10.7 Å². The van der Waals surface area contributed by atoms with E-state index < -0.39 is 5.82 Å². The van der Waals surface area contributed by atoms with E-state index in [1.807, 2.05) is 0 Å². The fraction of sp³-hybridized carbons (Fsp3) is 0.154. The highest BCUT2D eigenvalue weighted by Gasteiger charge is 2.07. The molecule has 0 fully saturated rings. The quantitative estimate of drug-likeness (QED) is 0.843. The molecule has 1 aromatic heterocycles. The molecule has 20 heavy (non-hydrogen) atoms. The molecule has 0 aliphatic rings. The van der Waals surface area contributed by atoms with Gasteiger partial charge in [0.05, 0.1) is 7.11 Å². The van der Waals surface area contributed by atoms with Crippen molar-refractivity contribution in [1.29, 1.82) is 0 Å². The molecule has 0 saturated carbocycles. The van der Waals surface area contributed by atoms with Crippen LogP contribution in [-0.2, 0) is 0 Å². The number of thiocarbonyl (C=S) groups is 1. The Morgan fingerprint density at radius 1 is 1.35 bits per heavy atom. The molecule has 2 aromatic rings. The summed E-state index contributed by atoms with van der Waals surface area (Å²) in [6.45, 7) is 1.81. The summed E-state index contributed by atoms with van der Waals surface area (Å²) in [5, 5.41) is 2.96. The number of nitrogens with two attached hydrogens (primary N) is 1. The summed E-state index contributed by atoms with van der Waals surface area (Å²) in [6, 6.07) is 6.07. The summed E-state index contributed by atoms with van der Waals surface area (Å²) in [5.74, 6) is 0.0331. The van der Waals surface area contributed by atoms with Crippen LogP contribution in [0.15, 0.2) is 24.3 Å². The summed E-state index contributed by atoms with van der Waals surface area (Å²) in [5.41, 5.74) is 7.35. The molecule has 0 aliphatic heterocycles. The molecule has 0 aliphatic carbocycles. The standard InChI is InChI=1S/C13H13FN4OS/c1-7-5-10(12(15)20)18-13(16-7)17-8-3-4-9(14)11(6-8)19-2/h3-6H,1-2H3,(H2,15,20)(H,16,17,18). The number of halogens is 1. The summed E-state index contributed by atoms with van der Waals surface area (Å²) < 4.78 is 18.2. The Bertz CT molecular complexity index is 663. The molecule has 0 radical (unpaired) electrons. The highest BCUT2D eigenvalue weighted by Crippen LogP contribution is 2.23. The molecule has 104 valence electrons. The topological polar surface area (TPSA) is 73.1 Å². The lowest BCUT2D eigenvalue weighted by molar-refractivity contribution is 0.387. The van der Waals surface area contributed by atoms with Gasteiger partial charge in [-0.2, -0.15) is 0 Å². The molecule has 3 N–H and O–H groups in total. The van der Waals surface area contributed by atoms with E-state index in [2.05, 4.69) is 15.3 Å². The van der Waals surface area contributed by atoms with E-state index in [4.69, 9.17) is 22.7 Å². The average Bonchev–Trinajstić information content (AvgIpc) is 2.40. The number of nitrogens with one attached hydrogen (secondary N) is 1. The van der Waals surface area contributed by atoms with Crippen LogP contribution < -0.4 is 15.8 Å². The van der Waals surface area contributed by atoms with Crippen LogP contribution in [-0.4, -0.2) is 22.1 Å². The Morgan fingerprint density at radius 3 is 2.75 bits per heavy atom. The zero-order chi connectivity index (χ0) is 14.7. The van der Waals surface area contributed by atoms with Crippen LogP contribution in [0.4, 0.5) is 16.0 Å². The van der Waals surface area contributed by atoms with E-state index in [1.54, 1.807) is 19.1 Å². The maximum atomic E-state index is 13.3. The van der Waals surface area contributed by atoms with Gasteiger partial charge in [-0.05, 0) is 25.1 Å². The number of methoxy groups -OCH3 is 1. The summed E-state index contributed by atoms with van der Waals surface area (Å²) in [7, 11) is 1.40. The number of hydrogen-bond donors (Lipinski definition) is 2. The van der Waals surface area contributed by atoms with E-state index >= 15 is 0 Å². The average molecular weight is 292 g/mol. The molecule has 0 amide bonds. The molecule has 0 bridgehead atoms. The third-order valence-corrected chi connectivity index (χ3v) is 2.72. The minimum atomic E-state index is -0.438. The molecular weight excluding hydrogens is 279 g/mol. The zero-order valence-electron chi connectivity index (χ0n) is 11.0. The van der Waals surface area contributed by atoms with Crippen molar-refractivity contribution in [1.82, 2.24) is 9.97 Å². The zero-order valence-corrected chi connectivity index (χ0v) is 11.8. The highest BCUT2D eigenvalue weighted by molar-refractivity contribution is 7.80. The smallest absolute Gasteiger partial charge is 0.228 e. The third kappa shape index (κ3) is 3.18. The molecule has 0 unspecified atom stereocenters. The summed E-state index contributed by atoms with van der Waals surface area (Å²) >= 11 is 4.89. The molecule has 0 spiro atoms. The molecule has 2 rings (SSSR count). The van der Waals surface area contributed by atoms with Gasteiger partial charge in [0.1, 0.15) is 10.7 Å². The number of aromatic nitrogens is 2. The summed E-state index contributed by atoms with van der Waals surface area (Å²) in [4.78, 5) is 8.59. The molecule has 7 heteroatoms. The van der Waals surface area contributed by atoms with Gasteiger partial charge >= 0.3 is 0 Å². The Hall–Kier alpha value is -2.28. The predicted octanol–water partition coefficient (Wildman–Crippen LogP) is 2.31. The lowest BCUT2D eigenvalue weighted by atomic mass is 10.3. The van der Waals surface area contributed by atoms with E-state index in [0.717, 1.165) is 5.69 Å². The minimum Gasteiger partial charge on any atom is -0.494 e. The fourth-order valence-corrected chi connectivity index (χ4v) is 1.72. The first-order valence-corrected chi connectivity index (χ1v) is 6.16. The van der Waals surface area contributed by atoms with Gasteiger partial charge in [-0.1, -0.05) is 12.2 Å². The van der Waals surface area contributed by atoms with Gasteiger partial charge in [-0.25, -0.2) is 14.4 Å². The fourth-order valence-electron chi connectivity index (χ4n) is 1.62. The third-order valence-electron chi connectivity index (χ3n) is 2.51. The van der Waals surface area contributed by atoms with Gasteiger partial charge in [-0.15, -0.1) is 0 Å². The van der Waals surface area contributed by atoms with Gasteiger partial charge < -0.3 is 15.8 Å². The van der Waals surface area contributed by atoms with Crippen LogP contribution >= 0.6 is 12.2 Å². The number of rotatable bonds is 4. The van der Waals surface area contributed by atoms with Crippen LogP contribution in [0.2, 0.25) is 0 Å². The monoisotopic (exact) mass is 292 g/mol. The molecule has 5 nitrogen and oxygen atoms in total. The van der Waals surface area contributed by atoms with Gasteiger partial charge in [-0.3, -0.25) is 0 Å². The molecule has 0 saturated heterocycles. The van der Waals surface area contributed by atoms with Crippen LogP contribution in [0.25, 0.3) is 0 Å². The van der Waals surface area contributed by atoms with Gasteiger partial charge in [0, 0.05) is 17.4 Å².